The van der Waals surface area contributed by atoms with E-state index in [2.05, 4.69) is 20.2 Å². The lowest BCUT2D eigenvalue weighted by atomic mass is 10.4. The number of hydrogen-bond donors (Lipinski definition) is 1. The highest BCUT2D eigenvalue weighted by molar-refractivity contribution is 5.74. The highest BCUT2D eigenvalue weighted by Gasteiger charge is 2.22. The van der Waals surface area contributed by atoms with Gasteiger partial charge in [0.25, 0.3) is 5.56 Å². The molecule has 0 saturated carbocycles. The fourth-order valence-electron chi connectivity index (χ4n) is 2.74. The van der Waals surface area contributed by atoms with Gasteiger partial charge in [-0.05, 0) is 6.92 Å². The molecule has 8 nitrogen and oxygen atoms in total. The third kappa shape index (κ3) is 2.59. The van der Waals surface area contributed by atoms with Gasteiger partial charge in [0.2, 0.25) is 11.8 Å². The largest absolute Gasteiger partial charge is 0.340 e. The Kier molecular flexibility index (Phi) is 4.12. The summed E-state index contributed by atoms with van der Waals surface area (Å²) in [7, 11) is 1.56. The Bertz CT molecular complexity index is 849. The molecule has 1 fully saturated rings. The van der Waals surface area contributed by atoms with Gasteiger partial charge in [-0.3, -0.25) is 9.36 Å². The summed E-state index contributed by atoms with van der Waals surface area (Å²) in [5.41, 5.74) is 0.533. The molecular formula is C15H19N7O. The number of anilines is 1. The summed E-state index contributed by atoms with van der Waals surface area (Å²) in [5.74, 6) is 0.810. The molecule has 3 rings (SSSR count). The summed E-state index contributed by atoms with van der Waals surface area (Å²) in [5, 5.41) is 12.4. The summed E-state index contributed by atoms with van der Waals surface area (Å²) in [4.78, 5) is 23.6. The van der Waals surface area contributed by atoms with Gasteiger partial charge in [-0.2, -0.15) is 15.2 Å². The van der Waals surface area contributed by atoms with E-state index in [1.54, 1.807) is 7.05 Å². The molecule has 3 heterocycles. The lowest BCUT2D eigenvalue weighted by molar-refractivity contribution is 0.572. The first-order valence-corrected chi connectivity index (χ1v) is 7.61. The van der Waals surface area contributed by atoms with Crippen LogP contribution in [0.3, 0.4) is 0 Å². The van der Waals surface area contributed by atoms with Gasteiger partial charge in [-0.1, -0.05) is 12.2 Å². The minimum absolute atomic E-state index is 0.0741. The van der Waals surface area contributed by atoms with Crippen LogP contribution in [0.1, 0.15) is 12.7 Å². The Hall–Kier alpha value is -2.66. The minimum atomic E-state index is -0.245. The van der Waals surface area contributed by atoms with E-state index < -0.39 is 0 Å². The molecule has 1 saturated heterocycles. The van der Waals surface area contributed by atoms with Gasteiger partial charge in [0, 0.05) is 39.8 Å². The highest BCUT2D eigenvalue weighted by atomic mass is 16.1. The van der Waals surface area contributed by atoms with E-state index in [9.17, 15) is 4.79 Å². The van der Waals surface area contributed by atoms with E-state index in [1.165, 1.54) is 4.57 Å². The quantitative estimate of drug-likeness (QED) is 0.801. The smallest absolute Gasteiger partial charge is 0.280 e. The van der Waals surface area contributed by atoms with Crippen molar-refractivity contribution >= 4 is 17.1 Å². The fraction of sp³-hybridized carbons (Fsp3) is 0.467. The lowest BCUT2D eigenvalue weighted by Gasteiger charge is -2.28. The van der Waals surface area contributed by atoms with Crippen molar-refractivity contribution in [1.82, 2.24) is 24.4 Å². The predicted molar refractivity (Wildman–Crippen MR) is 87.4 cm³/mol. The van der Waals surface area contributed by atoms with Crippen LogP contribution in [0.15, 0.2) is 16.9 Å². The number of allylic oxidation sites excluding steroid dienone is 2. The van der Waals surface area contributed by atoms with Crippen molar-refractivity contribution in [2.45, 2.75) is 13.5 Å². The second kappa shape index (κ2) is 6.22. The molecule has 23 heavy (non-hydrogen) atoms. The molecule has 0 spiro atoms. The Morgan fingerprint density at radius 1 is 1.35 bits per heavy atom. The van der Waals surface area contributed by atoms with Crippen molar-refractivity contribution in [3.8, 4) is 6.07 Å². The fourth-order valence-corrected chi connectivity index (χ4v) is 2.74. The number of fused-ring (bicyclic) bond motifs is 1. The van der Waals surface area contributed by atoms with Crippen LogP contribution in [-0.4, -0.2) is 45.3 Å². The van der Waals surface area contributed by atoms with Crippen molar-refractivity contribution in [3.05, 3.63) is 28.3 Å². The van der Waals surface area contributed by atoms with E-state index in [4.69, 9.17) is 5.26 Å². The zero-order valence-electron chi connectivity index (χ0n) is 13.3. The average Bonchev–Trinajstić information content (AvgIpc) is 2.95. The molecule has 0 aromatic carbocycles. The predicted octanol–water partition coefficient (Wildman–Crippen LogP) is -0.0126. The zero-order chi connectivity index (χ0) is 16.4. The number of nitriles is 1. The van der Waals surface area contributed by atoms with Crippen molar-refractivity contribution in [1.29, 1.82) is 5.26 Å². The molecule has 0 aliphatic carbocycles. The molecular weight excluding hydrogens is 294 g/mol. The normalized spacial score (nSPS) is 15.4. The number of rotatable bonds is 3. The Balaban J connectivity index is 2.24. The van der Waals surface area contributed by atoms with Gasteiger partial charge >= 0.3 is 0 Å². The van der Waals surface area contributed by atoms with Crippen LogP contribution in [0.4, 0.5) is 5.95 Å². The molecule has 0 amide bonds. The van der Waals surface area contributed by atoms with Gasteiger partial charge in [0.1, 0.15) is 6.07 Å². The Morgan fingerprint density at radius 3 is 2.74 bits per heavy atom. The van der Waals surface area contributed by atoms with E-state index in [0.29, 0.717) is 17.7 Å². The summed E-state index contributed by atoms with van der Waals surface area (Å²) >= 11 is 0. The number of nitrogens with zero attached hydrogens (tertiary/aromatic N) is 6. The van der Waals surface area contributed by atoms with E-state index in [-0.39, 0.29) is 11.4 Å². The van der Waals surface area contributed by atoms with Gasteiger partial charge in [0.15, 0.2) is 11.2 Å². The third-order valence-corrected chi connectivity index (χ3v) is 3.99. The minimum Gasteiger partial charge on any atom is -0.340 e. The van der Waals surface area contributed by atoms with Crippen molar-refractivity contribution in [2.75, 3.05) is 31.1 Å². The van der Waals surface area contributed by atoms with E-state index in [0.717, 1.165) is 32.1 Å². The van der Waals surface area contributed by atoms with Crippen molar-refractivity contribution in [2.24, 2.45) is 7.05 Å². The molecule has 1 N–H and O–H groups in total. The second-order valence-corrected chi connectivity index (χ2v) is 5.41. The molecule has 1 aliphatic heterocycles. The first-order valence-electron chi connectivity index (χ1n) is 7.61. The molecule has 0 bridgehead atoms. The van der Waals surface area contributed by atoms with Gasteiger partial charge < -0.3 is 14.8 Å². The van der Waals surface area contributed by atoms with Crippen LogP contribution < -0.4 is 15.8 Å². The number of piperazine rings is 1. The SMILES string of the molecule is C/C=C/Cn1c(N2CCNCC2)nc2nc(C#N)n(C)c(=O)c21. The molecule has 0 unspecified atom stereocenters. The Morgan fingerprint density at radius 2 is 2.09 bits per heavy atom. The maximum absolute atomic E-state index is 12.6. The van der Waals surface area contributed by atoms with Gasteiger partial charge in [-0.15, -0.1) is 0 Å². The molecule has 2 aromatic heterocycles. The first kappa shape index (κ1) is 15.2. The standard InChI is InChI=1S/C15H19N7O/c1-3-4-7-22-12-13(18-11(10-16)20(2)14(12)23)19-15(22)21-8-5-17-6-9-21/h3-4,17H,5-9H2,1-2H3/b4-3+. The number of hydrogen-bond acceptors (Lipinski definition) is 6. The van der Waals surface area contributed by atoms with E-state index >= 15 is 0 Å². The molecule has 120 valence electrons. The lowest BCUT2D eigenvalue weighted by Crippen LogP contribution is -2.44. The maximum atomic E-state index is 12.6. The zero-order valence-corrected chi connectivity index (χ0v) is 13.3. The summed E-state index contributed by atoms with van der Waals surface area (Å²) in [6, 6.07) is 1.94. The molecule has 0 radical (unpaired) electrons. The number of aromatic nitrogens is 4. The third-order valence-electron chi connectivity index (χ3n) is 3.99. The van der Waals surface area contributed by atoms with E-state index in [1.807, 2.05) is 29.7 Å². The topological polar surface area (TPSA) is 91.8 Å². The molecule has 0 atom stereocenters. The van der Waals surface area contributed by atoms with Crippen LogP contribution in [0.5, 0.6) is 0 Å². The summed E-state index contributed by atoms with van der Waals surface area (Å²) in [6.07, 6.45) is 3.92. The summed E-state index contributed by atoms with van der Waals surface area (Å²) < 4.78 is 3.16. The average molecular weight is 313 g/mol. The van der Waals surface area contributed by atoms with Gasteiger partial charge in [0.05, 0.1) is 0 Å². The van der Waals surface area contributed by atoms with Gasteiger partial charge in [-0.25, -0.2) is 0 Å². The van der Waals surface area contributed by atoms with Crippen LogP contribution in [0, 0.1) is 11.3 Å². The van der Waals surface area contributed by atoms with Crippen molar-refractivity contribution in [3.63, 3.8) is 0 Å². The molecule has 1 aliphatic rings. The van der Waals surface area contributed by atoms with Crippen LogP contribution in [-0.2, 0) is 13.6 Å². The van der Waals surface area contributed by atoms with Crippen LogP contribution in [0.25, 0.3) is 11.2 Å². The van der Waals surface area contributed by atoms with Crippen LogP contribution in [0.2, 0.25) is 0 Å². The molecule has 8 heteroatoms. The van der Waals surface area contributed by atoms with Crippen molar-refractivity contribution < 1.29 is 0 Å². The number of imidazole rings is 1. The number of nitrogens with one attached hydrogen (secondary N) is 1. The second-order valence-electron chi connectivity index (χ2n) is 5.41. The first-order chi connectivity index (χ1) is 11.2. The Labute approximate surface area is 133 Å². The molecule has 2 aromatic rings. The monoisotopic (exact) mass is 313 g/mol. The summed E-state index contributed by atoms with van der Waals surface area (Å²) in [6.45, 7) is 5.89. The highest BCUT2D eigenvalue weighted by Crippen LogP contribution is 2.20. The maximum Gasteiger partial charge on any atom is 0.280 e. The van der Waals surface area contributed by atoms with Crippen LogP contribution >= 0.6 is 0 Å².